The lowest BCUT2D eigenvalue weighted by Gasteiger charge is -2.19. The molecule has 108 valence electrons. The molecule has 0 aliphatic carbocycles. The molecule has 1 aromatic rings. The molecule has 0 saturated heterocycles. The maximum absolute atomic E-state index is 13.6. The number of halogens is 2. The predicted octanol–water partition coefficient (Wildman–Crippen LogP) is 2.13. The predicted molar refractivity (Wildman–Crippen MR) is 74.0 cm³/mol. The summed E-state index contributed by atoms with van der Waals surface area (Å²) in [5, 5.41) is -0.146. The van der Waals surface area contributed by atoms with E-state index >= 15 is 0 Å². The third kappa shape index (κ3) is 4.42. The van der Waals surface area contributed by atoms with Crippen LogP contribution in [-0.2, 0) is 10.0 Å². The van der Waals surface area contributed by atoms with Crippen LogP contribution in [0.1, 0.15) is 20.3 Å². The molecule has 0 aromatic heterocycles. The highest BCUT2D eigenvalue weighted by atomic mass is 35.5. The minimum atomic E-state index is -4.02. The van der Waals surface area contributed by atoms with Gasteiger partial charge in [0.15, 0.2) is 0 Å². The summed E-state index contributed by atoms with van der Waals surface area (Å²) in [7, 11) is -4.02. The molecule has 4 nitrogen and oxygen atoms in total. The molecule has 1 rings (SSSR count). The Bertz CT molecular complexity index is 514. The fourth-order valence-corrected chi connectivity index (χ4v) is 3.65. The van der Waals surface area contributed by atoms with Gasteiger partial charge in [-0.1, -0.05) is 31.5 Å². The topological polar surface area (TPSA) is 72.2 Å². The van der Waals surface area contributed by atoms with E-state index in [-0.39, 0.29) is 17.5 Å². The molecule has 0 fully saturated rings. The quantitative estimate of drug-likeness (QED) is 0.845. The molecule has 3 N–H and O–H groups in total. The van der Waals surface area contributed by atoms with Crippen LogP contribution in [-0.4, -0.2) is 21.0 Å². The Morgan fingerprint density at radius 1 is 1.42 bits per heavy atom. The maximum Gasteiger partial charge on any atom is 0.245 e. The van der Waals surface area contributed by atoms with Gasteiger partial charge in [-0.05, 0) is 24.5 Å². The fourth-order valence-electron chi connectivity index (χ4n) is 1.78. The summed E-state index contributed by atoms with van der Waals surface area (Å²) < 4.78 is 40.3. The molecule has 0 saturated carbocycles. The van der Waals surface area contributed by atoms with Gasteiger partial charge in [0.1, 0.15) is 10.7 Å². The molecule has 1 atom stereocenters. The second-order valence-corrected chi connectivity index (χ2v) is 6.79. The minimum absolute atomic E-state index is 0.142. The Morgan fingerprint density at radius 2 is 2.05 bits per heavy atom. The Kier molecular flexibility index (Phi) is 5.73. The highest BCUT2D eigenvalue weighted by Gasteiger charge is 2.25. The van der Waals surface area contributed by atoms with E-state index in [0.717, 1.165) is 6.07 Å². The first-order valence-corrected chi connectivity index (χ1v) is 7.80. The van der Waals surface area contributed by atoms with Crippen LogP contribution in [0, 0.1) is 11.7 Å². The van der Waals surface area contributed by atoms with Crippen molar-refractivity contribution in [3.8, 4) is 0 Å². The van der Waals surface area contributed by atoms with E-state index in [1.165, 1.54) is 12.1 Å². The van der Waals surface area contributed by atoms with E-state index in [4.69, 9.17) is 17.3 Å². The Morgan fingerprint density at radius 3 is 2.53 bits per heavy atom. The summed E-state index contributed by atoms with van der Waals surface area (Å²) in [5.41, 5.74) is 5.53. The van der Waals surface area contributed by atoms with Gasteiger partial charge in [-0.3, -0.25) is 0 Å². The highest BCUT2D eigenvalue weighted by molar-refractivity contribution is 7.89. The van der Waals surface area contributed by atoms with Gasteiger partial charge in [0.25, 0.3) is 0 Å². The van der Waals surface area contributed by atoms with Crippen molar-refractivity contribution < 1.29 is 12.8 Å². The fraction of sp³-hybridized carbons (Fsp3) is 0.500. The first-order valence-electron chi connectivity index (χ1n) is 5.94. The maximum atomic E-state index is 13.6. The largest absolute Gasteiger partial charge is 0.329 e. The lowest BCUT2D eigenvalue weighted by Crippen LogP contribution is -2.41. The summed E-state index contributed by atoms with van der Waals surface area (Å²) in [6, 6.07) is 3.30. The van der Waals surface area contributed by atoms with Gasteiger partial charge in [0, 0.05) is 12.6 Å². The Labute approximate surface area is 118 Å². The molecule has 0 aliphatic heterocycles. The molecule has 0 radical (unpaired) electrons. The summed E-state index contributed by atoms with van der Waals surface area (Å²) in [6.45, 7) is 4.05. The lowest BCUT2D eigenvalue weighted by molar-refractivity contribution is 0.463. The van der Waals surface area contributed by atoms with Crippen molar-refractivity contribution in [1.82, 2.24) is 4.72 Å². The number of hydrogen-bond acceptors (Lipinski definition) is 3. The molecule has 1 aromatic carbocycles. The van der Waals surface area contributed by atoms with E-state index in [2.05, 4.69) is 4.72 Å². The van der Waals surface area contributed by atoms with Crippen molar-refractivity contribution in [3.05, 3.63) is 29.0 Å². The monoisotopic (exact) mass is 308 g/mol. The number of nitrogens with two attached hydrogens (primary N) is 1. The van der Waals surface area contributed by atoms with Crippen LogP contribution in [0.4, 0.5) is 4.39 Å². The molecule has 7 heteroatoms. The second-order valence-electron chi connectivity index (χ2n) is 4.73. The SMILES string of the molecule is CC(C)CC(CN)NS(=O)(=O)c1c(F)cccc1Cl. The average Bonchev–Trinajstić information content (AvgIpc) is 2.26. The molecule has 19 heavy (non-hydrogen) atoms. The van der Waals surface area contributed by atoms with Gasteiger partial charge in [-0.2, -0.15) is 0 Å². The third-order valence-electron chi connectivity index (χ3n) is 2.55. The van der Waals surface area contributed by atoms with E-state index in [1.54, 1.807) is 0 Å². The van der Waals surface area contributed by atoms with Gasteiger partial charge < -0.3 is 5.73 Å². The molecular weight excluding hydrogens is 291 g/mol. The molecule has 0 heterocycles. The van der Waals surface area contributed by atoms with Crippen molar-refractivity contribution in [2.75, 3.05) is 6.54 Å². The van der Waals surface area contributed by atoms with Gasteiger partial charge in [0.2, 0.25) is 10.0 Å². The standard InChI is InChI=1S/C12H18ClFN2O2S/c1-8(2)6-9(7-15)16-19(17,18)12-10(13)4-3-5-11(12)14/h3-5,8-9,16H,6-7,15H2,1-2H3. The van der Waals surface area contributed by atoms with Crippen LogP contribution in [0.3, 0.4) is 0 Å². The van der Waals surface area contributed by atoms with Crippen LogP contribution < -0.4 is 10.5 Å². The van der Waals surface area contributed by atoms with Gasteiger partial charge in [-0.25, -0.2) is 17.5 Å². The Hall–Kier alpha value is -0.690. The summed E-state index contributed by atoms with van der Waals surface area (Å²) in [4.78, 5) is -0.529. The summed E-state index contributed by atoms with van der Waals surface area (Å²) >= 11 is 5.76. The first-order chi connectivity index (χ1) is 8.77. The van der Waals surface area contributed by atoms with Crippen LogP contribution in [0.25, 0.3) is 0 Å². The van der Waals surface area contributed by atoms with Crippen LogP contribution in [0.5, 0.6) is 0 Å². The lowest BCUT2D eigenvalue weighted by atomic mass is 10.1. The first kappa shape index (κ1) is 16.4. The van der Waals surface area contributed by atoms with Gasteiger partial charge in [-0.15, -0.1) is 0 Å². The average molecular weight is 309 g/mol. The van der Waals surface area contributed by atoms with Gasteiger partial charge >= 0.3 is 0 Å². The molecule has 0 spiro atoms. The van der Waals surface area contributed by atoms with Crippen molar-refractivity contribution >= 4 is 21.6 Å². The van der Waals surface area contributed by atoms with Gasteiger partial charge in [0.05, 0.1) is 5.02 Å². The molecule has 0 amide bonds. The zero-order valence-corrected chi connectivity index (χ0v) is 12.4. The number of sulfonamides is 1. The van der Waals surface area contributed by atoms with Crippen molar-refractivity contribution in [2.24, 2.45) is 11.7 Å². The van der Waals surface area contributed by atoms with Crippen molar-refractivity contribution in [1.29, 1.82) is 0 Å². The molecule has 1 unspecified atom stereocenters. The van der Waals surface area contributed by atoms with Crippen LogP contribution in [0.15, 0.2) is 23.1 Å². The van der Waals surface area contributed by atoms with E-state index < -0.39 is 26.8 Å². The normalized spacial score (nSPS) is 13.8. The number of hydrogen-bond donors (Lipinski definition) is 2. The van der Waals surface area contributed by atoms with Crippen LogP contribution in [0.2, 0.25) is 5.02 Å². The van der Waals surface area contributed by atoms with E-state index in [1.807, 2.05) is 13.8 Å². The number of nitrogens with one attached hydrogen (secondary N) is 1. The summed E-state index contributed by atoms with van der Waals surface area (Å²) in [6.07, 6.45) is 0.571. The number of benzene rings is 1. The minimum Gasteiger partial charge on any atom is -0.329 e. The number of rotatable bonds is 6. The van der Waals surface area contributed by atoms with Crippen LogP contribution >= 0.6 is 11.6 Å². The molecular formula is C12H18ClFN2O2S. The van der Waals surface area contributed by atoms with E-state index in [9.17, 15) is 12.8 Å². The third-order valence-corrected chi connectivity index (χ3v) is 4.57. The zero-order chi connectivity index (χ0) is 14.6. The van der Waals surface area contributed by atoms with Crippen molar-refractivity contribution in [3.63, 3.8) is 0 Å². The molecule has 0 aliphatic rings. The Balaban J connectivity index is 3.04. The highest BCUT2D eigenvalue weighted by Crippen LogP contribution is 2.24. The smallest absolute Gasteiger partial charge is 0.245 e. The zero-order valence-electron chi connectivity index (χ0n) is 10.9. The van der Waals surface area contributed by atoms with Crippen molar-refractivity contribution in [2.45, 2.75) is 31.2 Å². The molecule has 0 bridgehead atoms. The second kappa shape index (κ2) is 6.65. The summed E-state index contributed by atoms with van der Waals surface area (Å²) in [5.74, 6) is -0.604. The van der Waals surface area contributed by atoms with E-state index in [0.29, 0.717) is 6.42 Å².